The summed E-state index contributed by atoms with van der Waals surface area (Å²) in [5, 5.41) is 4.34. The molecule has 0 saturated heterocycles. The Balaban J connectivity index is 1.89. The minimum Gasteiger partial charge on any atom is -0.273 e. The quantitative estimate of drug-likeness (QED) is 0.302. The van der Waals surface area contributed by atoms with Crippen molar-refractivity contribution in [2.24, 2.45) is 5.10 Å². The number of nitrogens with zero attached hydrogens (tertiary/aromatic N) is 1. The normalized spacial score (nSPS) is 10.2. The van der Waals surface area contributed by atoms with E-state index in [2.05, 4.69) is 10.5 Å². The molecular weight excluding hydrogens is 358 g/mol. The van der Waals surface area contributed by atoms with Crippen LogP contribution in [0.1, 0.15) is 56.6 Å². The number of hydrogen-bond donors (Lipinski definition) is 1. The molecule has 2 rings (SSSR count). The number of carbonyl (C=O) groups excluding carboxylic acids is 1. The van der Waals surface area contributed by atoms with Crippen molar-refractivity contribution in [3.8, 4) is 0 Å². The molecule has 0 fully saturated rings. The van der Waals surface area contributed by atoms with Gasteiger partial charge in [0.1, 0.15) is 0 Å². The van der Waals surface area contributed by atoms with Gasteiger partial charge in [-0.15, -0.1) is 0 Å². The van der Waals surface area contributed by atoms with Gasteiger partial charge in [0.05, 0.1) is 5.71 Å². The number of carbonyl (C=O) groups is 1. The molecule has 0 atom stereocenters. The number of hydrogen-bond acceptors (Lipinski definition) is 2. The number of amides is 1. The van der Waals surface area contributed by atoms with Crippen molar-refractivity contribution >= 4 is 11.6 Å². The number of allylic oxidation sites excluding steroid dienone is 1. The summed E-state index contributed by atoms with van der Waals surface area (Å²) in [6, 6.07) is 19.3. The van der Waals surface area contributed by atoms with Crippen molar-refractivity contribution < 1.29 is 13.6 Å². The van der Waals surface area contributed by atoms with Gasteiger partial charge in [0.15, 0.2) is 0 Å². The zero-order chi connectivity index (χ0) is 20.2. The van der Waals surface area contributed by atoms with Crippen LogP contribution in [-0.4, -0.2) is 11.6 Å². The number of halogens is 2. The third kappa shape index (κ3) is 7.06. The Hall–Kier alpha value is -2.82. The van der Waals surface area contributed by atoms with E-state index in [0.29, 0.717) is 37.8 Å². The Bertz CT molecular complexity index is 756. The molecule has 0 bridgehead atoms. The first-order chi connectivity index (χ1) is 13.6. The highest BCUT2D eigenvalue weighted by molar-refractivity contribution is 6.13. The molecule has 1 amide bonds. The standard InChI is InChI=1S/C23H26F2N2O/c1-2-18(23(24)25)12-6-5-11-17-21(28)26-27-22(19-13-7-3-8-14-19)20-15-9-4-10-16-20/h3-4,7-10,13-16H,2,5-6,11-12,17H2,1H3,(H,26,28). The molecular formula is C23H26F2N2O. The zero-order valence-electron chi connectivity index (χ0n) is 16.1. The van der Waals surface area contributed by atoms with Crippen molar-refractivity contribution in [2.75, 3.05) is 0 Å². The molecule has 5 heteroatoms. The molecule has 0 aliphatic rings. The summed E-state index contributed by atoms with van der Waals surface area (Å²) in [6.45, 7) is 1.73. The van der Waals surface area contributed by atoms with Crippen LogP contribution in [0.3, 0.4) is 0 Å². The van der Waals surface area contributed by atoms with E-state index in [-0.39, 0.29) is 11.5 Å². The van der Waals surface area contributed by atoms with Gasteiger partial charge in [-0.3, -0.25) is 4.79 Å². The van der Waals surface area contributed by atoms with Crippen LogP contribution < -0.4 is 5.43 Å². The molecule has 0 aromatic heterocycles. The molecule has 2 aromatic rings. The fourth-order valence-corrected chi connectivity index (χ4v) is 2.87. The lowest BCUT2D eigenvalue weighted by atomic mass is 10.0. The molecule has 3 nitrogen and oxygen atoms in total. The Morgan fingerprint density at radius 2 is 1.39 bits per heavy atom. The van der Waals surface area contributed by atoms with Crippen LogP contribution in [-0.2, 0) is 4.79 Å². The van der Waals surface area contributed by atoms with Gasteiger partial charge in [-0.05, 0) is 31.3 Å². The summed E-state index contributed by atoms with van der Waals surface area (Å²) in [5.41, 5.74) is 5.38. The van der Waals surface area contributed by atoms with Gasteiger partial charge in [-0.2, -0.15) is 13.9 Å². The predicted octanol–water partition coefficient (Wildman–Crippen LogP) is 6.07. The van der Waals surface area contributed by atoms with E-state index < -0.39 is 6.08 Å². The lowest BCUT2D eigenvalue weighted by Gasteiger charge is -2.08. The maximum absolute atomic E-state index is 12.6. The molecule has 0 aliphatic carbocycles. The SMILES string of the molecule is CCC(CCCCCC(=O)NN=C(c1ccccc1)c1ccccc1)=C(F)F. The third-order valence-corrected chi connectivity index (χ3v) is 4.46. The summed E-state index contributed by atoms with van der Waals surface area (Å²) in [5.74, 6) is -0.174. The van der Waals surface area contributed by atoms with Gasteiger partial charge in [0.25, 0.3) is 6.08 Å². The van der Waals surface area contributed by atoms with Gasteiger partial charge in [-0.1, -0.05) is 74.0 Å². The van der Waals surface area contributed by atoms with Crippen LogP contribution in [0.15, 0.2) is 77.4 Å². The summed E-state index contributed by atoms with van der Waals surface area (Å²) in [4.78, 5) is 12.1. The molecule has 0 heterocycles. The van der Waals surface area contributed by atoms with E-state index in [9.17, 15) is 13.6 Å². The maximum Gasteiger partial charge on any atom is 0.269 e. The first kappa shape index (κ1) is 21.5. The Morgan fingerprint density at radius 3 is 1.89 bits per heavy atom. The van der Waals surface area contributed by atoms with Crippen molar-refractivity contribution in [3.05, 3.63) is 83.4 Å². The van der Waals surface area contributed by atoms with E-state index in [4.69, 9.17) is 0 Å². The molecule has 0 aliphatic heterocycles. The van der Waals surface area contributed by atoms with Gasteiger partial charge in [0, 0.05) is 17.5 Å². The van der Waals surface area contributed by atoms with Gasteiger partial charge < -0.3 is 0 Å². The van der Waals surface area contributed by atoms with Crippen molar-refractivity contribution in [2.45, 2.75) is 45.4 Å². The smallest absolute Gasteiger partial charge is 0.269 e. The van der Waals surface area contributed by atoms with E-state index in [1.807, 2.05) is 60.7 Å². The van der Waals surface area contributed by atoms with Crippen molar-refractivity contribution in [1.82, 2.24) is 5.43 Å². The Labute approximate surface area is 165 Å². The molecule has 0 unspecified atom stereocenters. The second-order valence-electron chi connectivity index (χ2n) is 6.51. The Morgan fingerprint density at radius 1 is 0.857 bits per heavy atom. The summed E-state index contributed by atoms with van der Waals surface area (Å²) in [7, 11) is 0. The summed E-state index contributed by atoms with van der Waals surface area (Å²) >= 11 is 0. The monoisotopic (exact) mass is 384 g/mol. The molecule has 0 saturated carbocycles. The fourth-order valence-electron chi connectivity index (χ4n) is 2.87. The van der Waals surface area contributed by atoms with E-state index in [1.54, 1.807) is 6.92 Å². The maximum atomic E-state index is 12.6. The highest BCUT2D eigenvalue weighted by Gasteiger charge is 2.08. The van der Waals surface area contributed by atoms with Crippen LogP contribution in [0.2, 0.25) is 0 Å². The van der Waals surface area contributed by atoms with Crippen LogP contribution in [0, 0.1) is 0 Å². The first-order valence-electron chi connectivity index (χ1n) is 9.62. The number of hydrazone groups is 1. The molecule has 1 N–H and O–H groups in total. The summed E-state index contributed by atoms with van der Waals surface area (Å²) in [6.07, 6.45) is 1.57. The molecule has 0 spiro atoms. The zero-order valence-corrected chi connectivity index (χ0v) is 16.1. The number of benzene rings is 2. The lowest BCUT2D eigenvalue weighted by molar-refractivity contribution is -0.121. The molecule has 28 heavy (non-hydrogen) atoms. The fraction of sp³-hybridized carbons (Fsp3) is 0.304. The van der Waals surface area contributed by atoms with E-state index in [0.717, 1.165) is 17.5 Å². The van der Waals surface area contributed by atoms with Crippen LogP contribution in [0.5, 0.6) is 0 Å². The highest BCUT2D eigenvalue weighted by atomic mass is 19.3. The first-order valence-corrected chi connectivity index (χ1v) is 9.62. The van der Waals surface area contributed by atoms with Crippen LogP contribution in [0.25, 0.3) is 0 Å². The third-order valence-electron chi connectivity index (χ3n) is 4.46. The summed E-state index contributed by atoms with van der Waals surface area (Å²) < 4.78 is 25.2. The second-order valence-corrected chi connectivity index (χ2v) is 6.51. The largest absolute Gasteiger partial charge is 0.273 e. The minimum atomic E-state index is -1.57. The second kappa shape index (κ2) is 11.8. The molecule has 2 aromatic carbocycles. The number of unbranched alkanes of at least 4 members (excludes halogenated alkanes) is 2. The Kier molecular flexibility index (Phi) is 9.05. The highest BCUT2D eigenvalue weighted by Crippen LogP contribution is 2.19. The van der Waals surface area contributed by atoms with E-state index >= 15 is 0 Å². The predicted molar refractivity (Wildman–Crippen MR) is 109 cm³/mol. The van der Waals surface area contributed by atoms with Gasteiger partial charge in [0.2, 0.25) is 5.91 Å². The average Bonchev–Trinajstić information content (AvgIpc) is 2.72. The number of rotatable bonds is 10. The van der Waals surface area contributed by atoms with E-state index in [1.165, 1.54) is 0 Å². The lowest BCUT2D eigenvalue weighted by Crippen LogP contribution is -2.20. The van der Waals surface area contributed by atoms with Gasteiger partial charge >= 0.3 is 0 Å². The number of nitrogens with one attached hydrogen (secondary N) is 1. The molecule has 148 valence electrons. The molecule has 0 radical (unpaired) electrons. The van der Waals surface area contributed by atoms with Gasteiger partial charge in [-0.25, -0.2) is 5.43 Å². The topological polar surface area (TPSA) is 41.5 Å². The van der Waals surface area contributed by atoms with Crippen LogP contribution >= 0.6 is 0 Å². The van der Waals surface area contributed by atoms with Crippen molar-refractivity contribution in [1.29, 1.82) is 0 Å². The minimum absolute atomic E-state index is 0.174. The average molecular weight is 384 g/mol. The van der Waals surface area contributed by atoms with Crippen LogP contribution in [0.4, 0.5) is 8.78 Å². The van der Waals surface area contributed by atoms with Crippen molar-refractivity contribution in [3.63, 3.8) is 0 Å².